The first-order valence-corrected chi connectivity index (χ1v) is 10.1. The van der Waals surface area contributed by atoms with Gasteiger partial charge in [0.15, 0.2) is 11.5 Å². The van der Waals surface area contributed by atoms with Crippen LogP contribution in [0.15, 0.2) is 42.7 Å². The zero-order valence-electron chi connectivity index (χ0n) is 17.5. The molecule has 0 saturated heterocycles. The molecule has 4 rings (SSSR count). The molecule has 32 heavy (non-hydrogen) atoms. The second-order valence-corrected chi connectivity index (χ2v) is 7.62. The Kier molecular flexibility index (Phi) is 5.71. The lowest BCUT2D eigenvalue weighted by Gasteiger charge is -2.13. The number of aryl methyl sites for hydroxylation is 1. The molecule has 0 radical (unpaired) electrons. The maximum atomic E-state index is 12.1. The van der Waals surface area contributed by atoms with Crippen LogP contribution in [-0.4, -0.2) is 36.9 Å². The fraction of sp³-hybridized carbons (Fsp3) is 0.182. The van der Waals surface area contributed by atoms with E-state index in [1.807, 2.05) is 24.3 Å². The van der Waals surface area contributed by atoms with Gasteiger partial charge >= 0.3 is 6.09 Å². The average Bonchev–Trinajstić information content (AvgIpc) is 3.19. The number of nitriles is 1. The summed E-state index contributed by atoms with van der Waals surface area (Å²) in [6.07, 6.45) is 2.36. The first-order valence-electron chi connectivity index (χ1n) is 9.70. The van der Waals surface area contributed by atoms with Gasteiger partial charge in [-0.15, -0.1) is 0 Å². The summed E-state index contributed by atoms with van der Waals surface area (Å²) in [5.41, 5.74) is 2.52. The molecule has 160 valence electrons. The number of rotatable bonds is 4. The SMILES string of the molecule is CC(C)OC(=O)Nc1nc(-c2ccn(C)n2)c(-c2cc(Cl)c3ncccc3c2)nc1C#N. The summed E-state index contributed by atoms with van der Waals surface area (Å²) >= 11 is 6.47. The number of anilines is 1. The summed E-state index contributed by atoms with van der Waals surface area (Å²) in [4.78, 5) is 25.5. The summed E-state index contributed by atoms with van der Waals surface area (Å²) < 4.78 is 6.73. The van der Waals surface area contributed by atoms with Crippen LogP contribution in [0.5, 0.6) is 0 Å². The number of benzene rings is 1. The van der Waals surface area contributed by atoms with Gasteiger partial charge in [0.25, 0.3) is 0 Å². The zero-order chi connectivity index (χ0) is 22.8. The number of halogens is 1. The summed E-state index contributed by atoms with van der Waals surface area (Å²) in [6.45, 7) is 3.44. The predicted molar refractivity (Wildman–Crippen MR) is 120 cm³/mol. The molecule has 0 aliphatic rings. The topological polar surface area (TPSA) is 119 Å². The number of ether oxygens (including phenoxy) is 1. The number of hydrogen-bond donors (Lipinski definition) is 1. The van der Waals surface area contributed by atoms with Gasteiger partial charge in [0.1, 0.15) is 23.2 Å². The van der Waals surface area contributed by atoms with Gasteiger partial charge in [0.05, 0.1) is 16.6 Å². The molecule has 0 saturated carbocycles. The number of fused-ring (bicyclic) bond motifs is 1. The molecule has 3 aromatic heterocycles. The Hall–Kier alpha value is -4.03. The van der Waals surface area contributed by atoms with Gasteiger partial charge in [0, 0.05) is 30.4 Å². The molecule has 0 bridgehead atoms. The Balaban J connectivity index is 1.92. The van der Waals surface area contributed by atoms with Gasteiger partial charge in [-0.05, 0) is 38.1 Å². The van der Waals surface area contributed by atoms with Crippen molar-refractivity contribution < 1.29 is 9.53 Å². The van der Waals surface area contributed by atoms with Crippen molar-refractivity contribution in [3.63, 3.8) is 0 Å². The van der Waals surface area contributed by atoms with Crippen molar-refractivity contribution in [2.24, 2.45) is 7.05 Å². The molecule has 1 amide bonds. The van der Waals surface area contributed by atoms with Crippen LogP contribution in [0.1, 0.15) is 19.5 Å². The minimum atomic E-state index is -0.731. The van der Waals surface area contributed by atoms with Crippen LogP contribution in [0.25, 0.3) is 33.5 Å². The average molecular weight is 448 g/mol. The molecule has 4 aromatic rings. The van der Waals surface area contributed by atoms with Gasteiger partial charge in [0.2, 0.25) is 0 Å². The van der Waals surface area contributed by atoms with Gasteiger partial charge < -0.3 is 4.74 Å². The minimum absolute atomic E-state index is 0.0175. The molecule has 0 atom stereocenters. The highest BCUT2D eigenvalue weighted by Crippen LogP contribution is 2.34. The van der Waals surface area contributed by atoms with E-state index >= 15 is 0 Å². The van der Waals surface area contributed by atoms with Crippen molar-refractivity contribution in [1.29, 1.82) is 5.26 Å². The highest BCUT2D eigenvalue weighted by Gasteiger charge is 2.21. The van der Waals surface area contributed by atoms with Crippen LogP contribution in [0, 0.1) is 11.3 Å². The smallest absolute Gasteiger partial charge is 0.413 e. The molecule has 1 aromatic carbocycles. The lowest BCUT2D eigenvalue weighted by molar-refractivity contribution is 0.130. The van der Waals surface area contributed by atoms with E-state index in [1.54, 1.807) is 50.1 Å². The number of carbonyl (C=O) groups excluding carboxylic acids is 1. The highest BCUT2D eigenvalue weighted by molar-refractivity contribution is 6.35. The van der Waals surface area contributed by atoms with Gasteiger partial charge in [-0.2, -0.15) is 10.4 Å². The molecule has 1 N–H and O–H groups in total. The second kappa shape index (κ2) is 8.61. The Morgan fingerprint density at radius 3 is 2.75 bits per heavy atom. The Morgan fingerprint density at radius 2 is 2.06 bits per heavy atom. The van der Waals surface area contributed by atoms with Crippen LogP contribution >= 0.6 is 11.6 Å². The monoisotopic (exact) mass is 447 g/mol. The van der Waals surface area contributed by atoms with E-state index in [0.717, 1.165) is 5.39 Å². The molecule has 9 nitrogen and oxygen atoms in total. The summed E-state index contributed by atoms with van der Waals surface area (Å²) in [7, 11) is 1.78. The lowest BCUT2D eigenvalue weighted by atomic mass is 10.0. The molecule has 0 aliphatic heterocycles. The van der Waals surface area contributed by atoms with E-state index < -0.39 is 6.09 Å². The summed E-state index contributed by atoms with van der Waals surface area (Å²) in [6, 6.07) is 11.0. The second-order valence-electron chi connectivity index (χ2n) is 7.22. The van der Waals surface area contributed by atoms with Gasteiger partial charge in [-0.1, -0.05) is 17.7 Å². The standard InChI is InChI=1S/C22H18ClN7O2/c1-12(2)32-22(31)28-21-17(11-24)26-19(20(27-21)16-6-8-30(3)29-16)14-9-13-5-4-7-25-18(13)15(23)10-14/h4-10,12H,1-3H3,(H,27,28,31). The number of carbonyl (C=O) groups is 1. The van der Waals surface area contributed by atoms with Crippen molar-refractivity contribution in [2.45, 2.75) is 20.0 Å². The largest absolute Gasteiger partial charge is 0.447 e. The van der Waals surface area contributed by atoms with Crippen LogP contribution in [0.3, 0.4) is 0 Å². The lowest BCUT2D eigenvalue weighted by Crippen LogP contribution is -2.20. The van der Waals surface area contributed by atoms with E-state index in [4.69, 9.17) is 16.3 Å². The Labute approximate surface area is 188 Å². The molecule has 10 heteroatoms. The van der Waals surface area contributed by atoms with E-state index in [-0.39, 0.29) is 17.6 Å². The maximum absolute atomic E-state index is 12.1. The number of pyridine rings is 1. The van der Waals surface area contributed by atoms with Crippen LogP contribution < -0.4 is 5.32 Å². The van der Waals surface area contributed by atoms with Crippen LogP contribution in [-0.2, 0) is 11.8 Å². The van der Waals surface area contributed by atoms with Crippen molar-refractivity contribution in [2.75, 3.05) is 5.32 Å². The van der Waals surface area contributed by atoms with Gasteiger partial charge in [-0.25, -0.2) is 14.8 Å². The maximum Gasteiger partial charge on any atom is 0.413 e. The molecule has 0 fully saturated rings. The van der Waals surface area contributed by atoms with E-state index in [0.29, 0.717) is 33.2 Å². The molecule has 0 spiro atoms. The van der Waals surface area contributed by atoms with Crippen molar-refractivity contribution in [3.8, 4) is 28.7 Å². The van der Waals surface area contributed by atoms with Crippen molar-refractivity contribution in [1.82, 2.24) is 24.7 Å². The molecule has 0 aliphatic carbocycles. The zero-order valence-corrected chi connectivity index (χ0v) is 18.3. The molecule has 0 unspecified atom stereocenters. The van der Waals surface area contributed by atoms with E-state index in [9.17, 15) is 10.1 Å². The molecular weight excluding hydrogens is 430 g/mol. The third-order valence-corrected chi connectivity index (χ3v) is 4.74. The van der Waals surface area contributed by atoms with Crippen molar-refractivity contribution >= 4 is 34.4 Å². The van der Waals surface area contributed by atoms with E-state index in [1.165, 1.54) is 0 Å². The fourth-order valence-corrected chi connectivity index (χ4v) is 3.42. The highest BCUT2D eigenvalue weighted by atomic mass is 35.5. The first kappa shape index (κ1) is 21.2. The number of aromatic nitrogens is 5. The van der Waals surface area contributed by atoms with Crippen LogP contribution in [0.4, 0.5) is 10.6 Å². The van der Waals surface area contributed by atoms with Crippen LogP contribution in [0.2, 0.25) is 5.02 Å². The van der Waals surface area contributed by atoms with Gasteiger partial charge in [-0.3, -0.25) is 15.0 Å². The molecule has 3 heterocycles. The number of amides is 1. The summed E-state index contributed by atoms with van der Waals surface area (Å²) in [5, 5.41) is 17.8. The van der Waals surface area contributed by atoms with E-state index in [2.05, 4.69) is 25.4 Å². The number of hydrogen-bond acceptors (Lipinski definition) is 7. The predicted octanol–water partition coefficient (Wildman–Crippen LogP) is 4.57. The normalized spacial score (nSPS) is 10.9. The minimum Gasteiger partial charge on any atom is -0.447 e. The fourth-order valence-electron chi connectivity index (χ4n) is 3.15. The first-order chi connectivity index (χ1) is 15.4. The van der Waals surface area contributed by atoms with Crippen molar-refractivity contribution in [3.05, 3.63) is 53.4 Å². The third kappa shape index (κ3) is 4.22. The number of nitrogens with one attached hydrogen (secondary N) is 1. The Morgan fingerprint density at radius 1 is 1.25 bits per heavy atom. The molecular formula is C22H18ClN7O2. The quantitative estimate of drug-likeness (QED) is 0.486. The number of nitrogens with zero attached hydrogens (tertiary/aromatic N) is 6. The third-order valence-electron chi connectivity index (χ3n) is 4.45. The Bertz CT molecular complexity index is 1370. The summed E-state index contributed by atoms with van der Waals surface area (Å²) in [5.74, 6) is -0.0175.